The number of rotatable bonds is 5. The molecule has 6 heteroatoms. The topological polar surface area (TPSA) is 80.3 Å². The van der Waals surface area contributed by atoms with Crippen molar-refractivity contribution >= 4 is 28.6 Å². The van der Waals surface area contributed by atoms with Crippen molar-refractivity contribution in [1.29, 1.82) is 0 Å². The number of anilines is 1. The van der Waals surface area contributed by atoms with Crippen molar-refractivity contribution in [2.24, 2.45) is 0 Å². The second-order valence-electron chi connectivity index (χ2n) is 5.22. The SMILES string of the molecule is CCNC(=O)Nc1cc2c(CCC(=O)OC)ccc(C)c2cn1. The summed E-state index contributed by atoms with van der Waals surface area (Å²) in [7, 11) is 1.38. The maximum Gasteiger partial charge on any atom is 0.320 e. The molecule has 0 saturated heterocycles. The highest BCUT2D eigenvalue weighted by atomic mass is 16.5. The standard InChI is InChI=1S/C17H21N3O3/c1-4-18-17(22)20-15-9-13-12(7-8-16(21)23-3)6-5-11(2)14(13)10-19-15/h5-6,9-10H,4,7-8H2,1-3H3,(H2,18,19,20,22). The number of carbonyl (C=O) groups excluding carboxylic acids is 2. The van der Waals surface area contributed by atoms with Crippen LogP contribution in [0.5, 0.6) is 0 Å². The summed E-state index contributed by atoms with van der Waals surface area (Å²) < 4.78 is 4.69. The van der Waals surface area contributed by atoms with Crippen molar-refractivity contribution in [1.82, 2.24) is 10.3 Å². The Labute approximate surface area is 135 Å². The van der Waals surface area contributed by atoms with Gasteiger partial charge >= 0.3 is 12.0 Å². The van der Waals surface area contributed by atoms with Gasteiger partial charge in [0.05, 0.1) is 7.11 Å². The number of fused-ring (bicyclic) bond motifs is 1. The zero-order chi connectivity index (χ0) is 16.8. The summed E-state index contributed by atoms with van der Waals surface area (Å²) in [6, 6.07) is 5.55. The molecule has 0 fully saturated rings. The Kier molecular flexibility index (Phi) is 5.51. The third kappa shape index (κ3) is 4.18. The number of pyridine rings is 1. The Morgan fingerprint density at radius 3 is 2.74 bits per heavy atom. The van der Waals surface area contributed by atoms with E-state index < -0.39 is 0 Å². The van der Waals surface area contributed by atoms with Crippen LogP contribution in [0.15, 0.2) is 24.4 Å². The number of esters is 1. The lowest BCUT2D eigenvalue weighted by atomic mass is 9.99. The first-order valence-corrected chi connectivity index (χ1v) is 7.55. The number of urea groups is 1. The zero-order valence-corrected chi connectivity index (χ0v) is 13.6. The van der Waals surface area contributed by atoms with E-state index in [1.54, 1.807) is 6.20 Å². The molecule has 0 unspecified atom stereocenters. The van der Waals surface area contributed by atoms with Crippen LogP contribution in [0.4, 0.5) is 10.6 Å². The zero-order valence-electron chi connectivity index (χ0n) is 13.6. The number of amides is 2. The van der Waals surface area contributed by atoms with E-state index in [9.17, 15) is 9.59 Å². The molecule has 6 nitrogen and oxygen atoms in total. The lowest BCUT2D eigenvalue weighted by Crippen LogP contribution is -2.28. The van der Waals surface area contributed by atoms with Gasteiger partial charge in [-0.2, -0.15) is 0 Å². The molecule has 0 atom stereocenters. The van der Waals surface area contributed by atoms with Gasteiger partial charge in [0, 0.05) is 24.5 Å². The third-order valence-electron chi connectivity index (χ3n) is 3.61. The van der Waals surface area contributed by atoms with Crippen LogP contribution < -0.4 is 10.6 Å². The lowest BCUT2D eigenvalue weighted by Gasteiger charge is -2.11. The van der Waals surface area contributed by atoms with Gasteiger partial charge in [-0.25, -0.2) is 9.78 Å². The van der Waals surface area contributed by atoms with Crippen molar-refractivity contribution in [2.45, 2.75) is 26.7 Å². The van der Waals surface area contributed by atoms with Gasteiger partial charge in [-0.15, -0.1) is 0 Å². The van der Waals surface area contributed by atoms with Crippen LogP contribution in [0, 0.1) is 6.92 Å². The van der Waals surface area contributed by atoms with Crippen LogP contribution in [0.25, 0.3) is 10.8 Å². The fraction of sp³-hybridized carbons (Fsp3) is 0.353. The maximum atomic E-state index is 11.6. The molecule has 1 heterocycles. The minimum Gasteiger partial charge on any atom is -0.469 e. The van der Waals surface area contributed by atoms with Crippen LogP contribution in [-0.2, 0) is 16.0 Å². The summed E-state index contributed by atoms with van der Waals surface area (Å²) >= 11 is 0. The van der Waals surface area contributed by atoms with Crippen molar-refractivity contribution in [3.63, 3.8) is 0 Å². The number of aromatic nitrogens is 1. The number of benzene rings is 1. The fourth-order valence-electron chi connectivity index (χ4n) is 2.39. The largest absolute Gasteiger partial charge is 0.469 e. The number of carbonyl (C=O) groups is 2. The van der Waals surface area contributed by atoms with E-state index in [1.807, 2.05) is 32.0 Å². The molecule has 2 aromatic rings. The average Bonchev–Trinajstić information content (AvgIpc) is 2.54. The molecule has 122 valence electrons. The van der Waals surface area contributed by atoms with Gasteiger partial charge in [0.2, 0.25) is 0 Å². The van der Waals surface area contributed by atoms with Gasteiger partial charge in [-0.1, -0.05) is 12.1 Å². The molecule has 0 aliphatic rings. The van der Waals surface area contributed by atoms with Crippen LogP contribution in [0.2, 0.25) is 0 Å². The molecule has 0 saturated carbocycles. The first-order chi connectivity index (χ1) is 11.0. The number of ether oxygens (including phenoxy) is 1. The smallest absolute Gasteiger partial charge is 0.320 e. The minimum absolute atomic E-state index is 0.242. The molecule has 0 spiro atoms. The predicted octanol–water partition coefficient (Wildman–Crippen LogP) is 2.79. The Hall–Kier alpha value is -2.63. The van der Waals surface area contributed by atoms with E-state index in [0.29, 0.717) is 25.2 Å². The van der Waals surface area contributed by atoms with Crippen molar-refractivity contribution in [2.75, 3.05) is 19.0 Å². The minimum atomic E-state index is -0.289. The average molecular weight is 315 g/mol. The molecule has 2 N–H and O–H groups in total. The number of hydrogen-bond donors (Lipinski definition) is 2. The number of hydrogen-bond acceptors (Lipinski definition) is 4. The number of nitrogens with one attached hydrogen (secondary N) is 2. The Balaban J connectivity index is 2.33. The number of nitrogens with zero attached hydrogens (tertiary/aromatic N) is 1. The quantitative estimate of drug-likeness (QED) is 0.831. The van der Waals surface area contributed by atoms with E-state index in [4.69, 9.17) is 4.74 Å². The molecule has 0 radical (unpaired) electrons. The van der Waals surface area contributed by atoms with E-state index >= 15 is 0 Å². The van der Waals surface area contributed by atoms with Crippen LogP contribution in [0.1, 0.15) is 24.5 Å². The highest BCUT2D eigenvalue weighted by Crippen LogP contribution is 2.25. The van der Waals surface area contributed by atoms with E-state index in [1.165, 1.54) is 7.11 Å². The number of methoxy groups -OCH3 is 1. The Morgan fingerprint density at radius 1 is 1.26 bits per heavy atom. The van der Waals surface area contributed by atoms with Gasteiger partial charge in [0.25, 0.3) is 0 Å². The van der Waals surface area contributed by atoms with Crippen LogP contribution >= 0.6 is 0 Å². The van der Waals surface area contributed by atoms with E-state index in [2.05, 4.69) is 15.6 Å². The highest BCUT2D eigenvalue weighted by Gasteiger charge is 2.09. The summed E-state index contributed by atoms with van der Waals surface area (Å²) in [5.74, 6) is 0.238. The molecular formula is C17H21N3O3. The molecule has 2 amide bonds. The first kappa shape index (κ1) is 16.7. The molecule has 0 aliphatic carbocycles. The fourth-order valence-corrected chi connectivity index (χ4v) is 2.39. The summed E-state index contributed by atoms with van der Waals surface area (Å²) in [4.78, 5) is 27.3. The van der Waals surface area contributed by atoms with Crippen molar-refractivity contribution < 1.29 is 14.3 Å². The van der Waals surface area contributed by atoms with Crippen LogP contribution in [0.3, 0.4) is 0 Å². The Morgan fingerprint density at radius 2 is 2.04 bits per heavy atom. The van der Waals surface area contributed by atoms with Crippen LogP contribution in [-0.4, -0.2) is 30.6 Å². The second kappa shape index (κ2) is 7.58. The summed E-state index contributed by atoms with van der Waals surface area (Å²) in [6.07, 6.45) is 2.64. The molecular weight excluding hydrogens is 294 g/mol. The molecule has 0 bridgehead atoms. The Bertz CT molecular complexity index is 728. The normalized spacial score (nSPS) is 10.4. The highest BCUT2D eigenvalue weighted by molar-refractivity contribution is 5.94. The summed E-state index contributed by atoms with van der Waals surface area (Å²) in [5, 5.41) is 7.36. The summed E-state index contributed by atoms with van der Waals surface area (Å²) in [6.45, 7) is 4.40. The number of aryl methyl sites for hydroxylation is 2. The third-order valence-corrected chi connectivity index (χ3v) is 3.61. The molecule has 2 rings (SSSR count). The van der Waals surface area contributed by atoms with Crippen molar-refractivity contribution in [3.8, 4) is 0 Å². The second-order valence-corrected chi connectivity index (χ2v) is 5.22. The predicted molar refractivity (Wildman–Crippen MR) is 89.5 cm³/mol. The van der Waals surface area contributed by atoms with Gasteiger partial charge < -0.3 is 10.1 Å². The maximum absolute atomic E-state index is 11.6. The lowest BCUT2D eigenvalue weighted by molar-refractivity contribution is -0.140. The van der Waals surface area contributed by atoms with Gasteiger partial charge in [0.1, 0.15) is 5.82 Å². The molecule has 1 aromatic carbocycles. The van der Waals surface area contributed by atoms with Gasteiger partial charge in [0.15, 0.2) is 0 Å². The van der Waals surface area contributed by atoms with Gasteiger partial charge in [-0.3, -0.25) is 10.1 Å². The first-order valence-electron chi connectivity index (χ1n) is 7.55. The van der Waals surface area contributed by atoms with E-state index in [0.717, 1.165) is 21.9 Å². The monoisotopic (exact) mass is 315 g/mol. The molecule has 23 heavy (non-hydrogen) atoms. The molecule has 1 aromatic heterocycles. The van der Waals surface area contributed by atoms with Crippen molar-refractivity contribution in [3.05, 3.63) is 35.5 Å². The van der Waals surface area contributed by atoms with Gasteiger partial charge in [-0.05, 0) is 42.8 Å². The summed E-state index contributed by atoms with van der Waals surface area (Å²) in [5.41, 5.74) is 2.12. The molecule has 0 aliphatic heterocycles. The van der Waals surface area contributed by atoms with E-state index in [-0.39, 0.29) is 12.0 Å².